The van der Waals surface area contributed by atoms with Gasteiger partial charge in [0, 0.05) is 28.5 Å². The molecule has 2 unspecified atom stereocenters. The summed E-state index contributed by atoms with van der Waals surface area (Å²) in [6.45, 7) is 0.167. The van der Waals surface area contributed by atoms with Gasteiger partial charge in [-0.3, -0.25) is 14.4 Å². The van der Waals surface area contributed by atoms with Crippen LogP contribution in [0.1, 0.15) is 29.6 Å². The fraction of sp³-hybridized carbons (Fsp3) is 0.240. The minimum Gasteiger partial charge on any atom is -0.481 e. The van der Waals surface area contributed by atoms with Crippen LogP contribution < -0.4 is 10.9 Å². The molecule has 2 aromatic heterocycles. The van der Waals surface area contributed by atoms with Gasteiger partial charge < -0.3 is 30.6 Å². The largest absolute Gasteiger partial charge is 0.481 e. The van der Waals surface area contributed by atoms with Crippen molar-refractivity contribution in [1.82, 2.24) is 15.3 Å². The van der Waals surface area contributed by atoms with Crippen LogP contribution >= 0.6 is 0 Å². The van der Waals surface area contributed by atoms with Crippen LogP contribution in [0.4, 0.5) is 0 Å². The van der Waals surface area contributed by atoms with Gasteiger partial charge in [0.2, 0.25) is 0 Å². The van der Waals surface area contributed by atoms with Crippen molar-refractivity contribution in [3.63, 3.8) is 0 Å². The van der Waals surface area contributed by atoms with Gasteiger partial charge in [-0.1, -0.05) is 24.3 Å². The number of aliphatic carboxylic acids is 1. The van der Waals surface area contributed by atoms with Crippen LogP contribution in [0.2, 0.25) is 0 Å². The number of aromatic amines is 2. The summed E-state index contributed by atoms with van der Waals surface area (Å²) in [6.07, 6.45) is -2.40. The molecule has 34 heavy (non-hydrogen) atoms. The second kappa shape index (κ2) is 9.90. The quantitative estimate of drug-likeness (QED) is 0.224. The highest BCUT2D eigenvalue weighted by Gasteiger charge is 2.16. The molecule has 0 bridgehead atoms. The molecule has 1 amide bonds. The van der Waals surface area contributed by atoms with Gasteiger partial charge in [0.15, 0.2) is 0 Å². The lowest BCUT2D eigenvalue weighted by atomic mass is 10.1. The number of fused-ring (bicyclic) bond motifs is 2. The molecule has 0 aliphatic rings. The first-order valence-electron chi connectivity index (χ1n) is 10.9. The standard InChI is InChI=1S/C25H25N3O6/c29-17(12-18(30)13-23(31)32)7-8-26-24(33)16-6-5-15-10-22(27-21(15)11-16)19-9-14-3-1-2-4-20(14)28-25(19)34/h1-6,9-11,17-18,27,29-30H,7-8,12-13H2,(H,26,33)(H,28,34)(H,31,32). The number of carbonyl (C=O) groups is 2. The summed E-state index contributed by atoms with van der Waals surface area (Å²) in [6, 6.07) is 16.4. The van der Waals surface area contributed by atoms with Gasteiger partial charge in [-0.25, -0.2) is 0 Å². The molecule has 9 heteroatoms. The molecule has 0 spiro atoms. The van der Waals surface area contributed by atoms with Gasteiger partial charge >= 0.3 is 5.97 Å². The molecule has 2 atom stereocenters. The number of amides is 1. The Kier molecular flexibility index (Phi) is 6.76. The predicted molar refractivity (Wildman–Crippen MR) is 128 cm³/mol. The number of carboxylic acid groups (broad SMARTS) is 1. The summed E-state index contributed by atoms with van der Waals surface area (Å²) in [5.41, 5.74) is 2.80. The molecule has 0 aliphatic heterocycles. The molecule has 6 N–H and O–H groups in total. The lowest BCUT2D eigenvalue weighted by molar-refractivity contribution is -0.139. The maximum Gasteiger partial charge on any atom is 0.305 e. The van der Waals surface area contributed by atoms with E-state index in [0.717, 1.165) is 16.3 Å². The van der Waals surface area contributed by atoms with E-state index < -0.39 is 24.6 Å². The number of aromatic nitrogens is 2. The van der Waals surface area contributed by atoms with Crippen LogP contribution in [0.15, 0.2) is 59.4 Å². The fourth-order valence-corrected chi connectivity index (χ4v) is 3.93. The zero-order valence-corrected chi connectivity index (χ0v) is 18.2. The van der Waals surface area contributed by atoms with E-state index in [1.54, 1.807) is 18.2 Å². The lowest BCUT2D eigenvalue weighted by Gasteiger charge is -2.14. The molecule has 0 aliphatic carbocycles. The number of hydrogen-bond acceptors (Lipinski definition) is 5. The van der Waals surface area contributed by atoms with Gasteiger partial charge in [-0.15, -0.1) is 0 Å². The third-order valence-electron chi connectivity index (χ3n) is 5.65. The van der Waals surface area contributed by atoms with Crippen molar-refractivity contribution in [1.29, 1.82) is 0 Å². The normalized spacial score (nSPS) is 13.1. The Morgan fingerprint density at radius 3 is 2.47 bits per heavy atom. The number of nitrogens with one attached hydrogen (secondary N) is 3. The summed E-state index contributed by atoms with van der Waals surface area (Å²) in [7, 11) is 0. The summed E-state index contributed by atoms with van der Waals surface area (Å²) in [5.74, 6) is -1.47. The monoisotopic (exact) mass is 463 g/mol. The molecule has 2 aromatic carbocycles. The van der Waals surface area contributed by atoms with E-state index in [0.29, 0.717) is 22.3 Å². The van der Waals surface area contributed by atoms with E-state index >= 15 is 0 Å². The van der Waals surface area contributed by atoms with E-state index in [1.807, 2.05) is 36.4 Å². The Morgan fingerprint density at radius 1 is 0.912 bits per heavy atom. The molecule has 4 aromatic rings. The number of benzene rings is 2. The van der Waals surface area contributed by atoms with Crippen molar-refractivity contribution in [2.45, 2.75) is 31.5 Å². The van der Waals surface area contributed by atoms with Crippen LogP contribution in [0.3, 0.4) is 0 Å². The van der Waals surface area contributed by atoms with Crippen LogP contribution in [0, 0.1) is 0 Å². The van der Waals surface area contributed by atoms with Gasteiger partial charge in [0.25, 0.3) is 11.5 Å². The molecule has 2 heterocycles. The van der Waals surface area contributed by atoms with Crippen molar-refractivity contribution in [3.8, 4) is 11.3 Å². The summed E-state index contributed by atoms with van der Waals surface area (Å²) >= 11 is 0. The zero-order valence-electron chi connectivity index (χ0n) is 18.2. The second-order valence-electron chi connectivity index (χ2n) is 8.27. The molecular formula is C25H25N3O6. The number of carboxylic acids is 1. The third kappa shape index (κ3) is 5.33. The predicted octanol–water partition coefficient (Wildman–Crippen LogP) is 2.38. The lowest BCUT2D eigenvalue weighted by Crippen LogP contribution is -2.29. The van der Waals surface area contributed by atoms with Crippen molar-refractivity contribution in [2.24, 2.45) is 0 Å². The fourth-order valence-electron chi connectivity index (χ4n) is 3.93. The van der Waals surface area contributed by atoms with E-state index in [-0.39, 0.29) is 30.9 Å². The number of aliphatic hydroxyl groups is 2. The Balaban J connectivity index is 1.43. The highest BCUT2D eigenvalue weighted by molar-refractivity contribution is 5.99. The van der Waals surface area contributed by atoms with Crippen LogP contribution in [-0.4, -0.2) is 55.9 Å². The molecule has 0 saturated heterocycles. The number of para-hydroxylation sites is 1. The Bertz CT molecular complexity index is 1410. The Morgan fingerprint density at radius 2 is 1.68 bits per heavy atom. The number of H-pyrrole nitrogens is 2. The van der Waals surface area contributed by atoms with E-state index in [9.17, 15) is 24.6 Å². The SMILES string of the molecule is O=C(O)CC(O)CC(O)CCNC(=O)c1ccc2cc(-c3cc4ccccc4[nH]c3=O)[nH]c2c1. The highest BCUT2D eigenvalue weighted by atomic mass is 16.4. The molecule has 4 rings (SSSR count). The van der Waals surface area contributed by atoms with Gasteiger partial charge in [0.05, 0.1) is 29.9 Å². The van der Waals surface area contributed by atoms with Crippen molar-refractivity contribution in [2.75, 3.05) is 6.54 Å². The first kappa shape index (κ1) is 23.2. The van der Waals surface area contributed by atoms with Gasteiger partial charge in [0.1, 0.15) is 0 Å². The number of rotatable bonds is 9. The zero-order chi connectivity index (χ0) is 24.2. The van der Waals surface area contributed by atoms with Crippen molar-refractivity contribution < 1.29 is 24.9 Å². The average molecular weight is 463 g/mol. The van der Waals surface area contributed by atoms with Crippen molar-refractivity contribution >= 4 is 33.7 Å². The van der Waals surface area contributed by atoms with Gasteiger partial charge in [-0.2, -0.15) is 0 Å². The first-order valence-corrected chi connectivity index (χ1v) is 10.9. The van der Waals surface area contributed by atoms with Crippen molar-refractivity contribution in [3.05, 3.63) is 70.5 Å². The van der Waals surface area contributed by atoms with Gasteiger partial charge in [-0.05, 0) is 48.6 Å². The van der Waals surface area contributed by atoms with E-state index in [2.05, 4.69) is 15.3 Å². The smallest absolute Gasteiger partial charge is 0.305 e. The van der Waals surface area contributed by atoms with Crippen LogP contribution in [-0.2, 0) is 4.79 Å². The number of carbonyl (C=O) groups excluding carboxylic acids is 1. The molecule has 176 valence electrons. The molecule has 0 saturated carbocycles. The first-order chi connectivity index (χ1) is 16.3. The van der Waals surface area contributed by atoms with Crippen LogP contribution in [0.5, 0.6) is 0 Å². The molecule has 0 radical (unpaired) electrons. The third-order valence-corrected chi connectivity index (χ3v) is 5.65. The number of hydrogen-bond donors (Lipinski definition) is 6. The molecular weight excluding hydrogens is 438 g/mol. The Hall–Kier alpha value is -3.95. The van der Waals surface area contributed by atoms with E-state index in [1.165, 1.54) is 0 Å². The number of aliphatic hydroxyl groups excluding tert-OH is 2. The average Bonchev–Trinajstić information content (AvgIpc) is 3.21. The number of pyridine rings is 1. The maximum atomic E-state index is 12.6. The topological polar surface area (TPSA) is 156 Å². The van der Waals surface area contributed by atoms with Crippen LogP contribution in [0.25, 0.3) is 33.1 Å². The summed E-state index contributed by atoms with van der Waals surface area (Å²) in [5, 5.41) is 32.6. The summed E-state index contributed by atoms with van der Waals surface area (Å²) in [4.78, 5) is 41.8. The molecule has 9 nitrogen and oxygen atoms in total. The maximum absolute atomic E-state index is 12.6. The molecule has 0 fully saturated rings. The Labute approximate surface area is 194 Å². The second-order valence-corrected chi connectivity index (χ2v) is 8.27. The minimum absolute atomic E-state index is 0.0761. The highest BCUT2D eigenvalue weighted by Crippen LogP contribution is 2.24. The summed E-state index contributed by atoms with van der Waals surface area (Å²) < 4.78 is 0. The minimum atomic E-state index is -1.14. The van der Waals surface area contributed by atoms with E-state index in [4.69, 9.17) is 5.11 Å².